The largest absolute Gasteiger partial charge is 0.416 e. The third-order valence-electron chi connectivity index (χ3n) is 8.25. The van der Waals surface area contributed by atoms with Crippen LogP contribution in [0.5, 0.6) is 0 Å². The quantitative estimate of drug-likeness (QED) is 0.355. The van der Waals surface area contributed by atoms with Crippen molar-refractivity contribution in [3.05, 3.63) is 82.3 Å². The van der Waals surface area contributed by atoms with Gasteiger partial charge in [-0.3, -0.25) is 4.79 Å². The van der Waals surface area contributed by atoms with Crippen LogP contribution >= 0.6 is 0 Å². The number of hydrogen-bond acceptors (Lipinski definition) is 3. The van der Waals surface area contributed by atoms with Crippen LogP contribution in [0.4, 0.5) is 30.7 Å². The van der Waals surface area contributed by atoms with E-state index in [1.54, 1.807) is 18.2 Å². The summed E-state index contributed by atoms with van der Waals surface area (Å²) in [5, 5.41) is 0. The van der Waals surface area contributed by atoms with Crippen LogP contribution in [0.2, 0.25) is 0 Å². The van der Waals surface area contributed by atoms with Crippen molar-refractivity contribution in [3.8, 4) is 0 Å². The van der Waals surface area contributed by atoms with Crippen molar-refractivity contribution < 1.29 is 40.3 Å². The Hall–Kier alpha value is -2.88. The minimum Gasteiger partial charge on any atom is -0.374 e. The Morgan fingerprint density at radius 1 is 0.897 bits per heavy atom. The summed E-state index contributed by atoms with van der Waals surface area (Å²) in [6.45, 7) is 2.85. The number of nitrogens with zero attached hydrogens (tertiary/aromatic N) is 1. The van der Waals surface area contributed by atoms with Gasteiger partial charge >= 0.3 is 12.4 Å². The monoisotopic (exact) mass is 555 g/mol. The highest BCUT2D eigenvalue weighted by Gasteiger charge is 2.47. The molecule has 1 aliphatic heterocycles. The highest BCUT2D eigenvalue weighted by molar-refractivity contribution is 5.92. The molecular weight excluding hydrogens is 527 g/mol. The molecule has 2 aromatic rings. The van der Waals surface area contributed by atoms with Gasteiger partial charge < -0.3 is 9.64 Å². The second-order valence-corrected chi connectivity index (χ2v) is 10.7. The summed E-state index contributed by atoms with van der Waals surface area (Å²) in [4.78, 5) is 14.0. The summed E-state index contributed by atoms with van der Waals surface area (Å²) in [6.07, 6.45) is -7.33. The summed E-state index contributed by atoms with van der Waals surface area (Å²) in [6, 6.07) is 7.53. The van der Waals surface area contributed by atoms with Gasteiger partial charge in [0, 0.05) is 37.2 Å². The van der Waals surface area contributed by atoms with E-state index >= 15 is 0 Å². The van der Waals surface area contributed by atoms with E-state index in [9.17, 15) is 35.5 Å². The number of fused-ring (bicyclic) bond motifs is 1. The molecule has 10 heteroatoms. The summed E-state index contributed by atoms with van der Waals surface area (Å²) >= 11 is 0. The molecule has 3 nitrogen and oxygen atoms in total. The Morgan fingerprint density at radius 3 is 2.10 bits per heavy atom. The van der Waals surface area contributed by atoms with Gasteiger partial charge in [0.1, 0.15) is 5.82 Å². The van der Waals surface area contributed by atoms with Crippen LogP contribution in [0.3, 0.4) is 0 Å². The standard InChI is InChI=1S/C29H28F7NO2/c1-16(19-10-20(28(31,32)33)12-21(11-19)29(34,35)36)39-26-9-4-18-14-37(23-7-8-24(38)13-23)15-25(18)27(26)17-2-5-22(30)6-3-17/h2-3,5-6,10-13,16,18,25-27H,4,7-9,14-15H2,1H3/t16?,18-,25-,26+,27?/m1/s1. The van der Waals surface area contributed by atoms with E-state index in [0.29, 0.717) is 37.9 Å². The summed E-state index contributed by atoms with van der Waals surface area (Å²) in [5.74, 6) is -0.252. The fraction of sp³-hybridized carbons (Fsp3) is 0.483. The Balaban J connectivity index is 1.45. The zero-order valence-corrected chi connectivity index (χ0v) is 21.2. The fourth-order valence-electron chi connectivity index (χ4n) is 6.36. The Morgan fingerprint density at radius 2 is 1.54 bits per heavy atom. The topological polar surface area (TPSA) is 29.5 Å². The van der Waals surface area contributed by atoms with Gasteiger partial charge in [0.2, 0.25) is 0 Å². The molecule has 0 amide bonds. The lowest BCUT2D eigenvalue weighted by atomic mass is 9.69. The van der Waals surface area contributed by atoms with Gasteiger partial charge in [-0.1, -0.05) is 12.1 Å². The van der Waals surface area contributed by atoms with Crippen LogP contribution in [-0.4, -0.2) is 29.9 Å². The molecule has 2 aromatic carbocycles. The van der Waals surface area contributed by atoms with E-state index in [0.717, 1.165) is 24.2 Å². The molecule has 2 unspecified atom stereocenters. The maximum absolute atomic E-state index is 13.8. The molecule has 5 atom stereocenters. The van der Waals surface area contributed by atoms with Crippen molar-refractivity contribution in [2.45, 2.75) is 63.1 Å². The lowest BCUT2D eigenvalue weighted by molar-refractivity contribution is -0.143. The number of carbonyl (C=O) groups excluding carboxylic acids is 1. The number of ether oxygens (including phenoxy) is 1. The number of halogens is 7. The highest BCUT2D eigenvalue weighted by Crippen LogP contribution is 2.49. The first-order valence-corrected chi connectivity index (χ1v) is 13.0. The molecule has 1 saturated heterocycles. The number of benzene rings is 2. The highest BCUT2D eigenvalue weighted by atomic mass is 19.4. The van der Waals surface area contributed by atoms with Gasteiger partial charge in [-0.25, -0.2) is 4.39 Å². The second kappa shape index (κ2) is 10.3. The molecule has 1 saturated carbocycles. The zero-order valence-electron chi connectivity index (χ0n) is 21.2. The fourth-order valence-corrected chi connectivity index (χ4v) is 6.36. The van der Waals surface area contributed by atoms with Gasteiger partial charge in [-0.05, 0) is 79.5 Å². The number of likely N-dealkylation sites (tertiary alicyclic amines) is 1. The molecule has 0 radical (unpaired) electrons. The van der Waals surface area contributed by atoms with Crippen molar-refractivity contribution in [2.75, 3.05) is 13.1 Å². The molecule has 0 aromatic heterocycles. The molecule has 39 heavy (non-hydrogen) atoms. The molecular formula is C29H28F7NO2. The first-order chi connectivity index (χ1) is 18.3. The van der Waals surface area contributed by atoms with E-state index < -0.39 is 41.5 Å². The summed E-state index contributed by atoms with van der Waals surface area (Å²) < 4.78 is 101. The van der Waals surface area contributed by atoms with Crippen LogP contribution in [-0.2, 0) is 21.9 Å². The maximum Gasteiger partial charge on any atom is 0.416 e. The van der Waals surface area contributed by atoms with Gasteiger partial charge in [-0.15, -0.1) is 0 Å². The van der Waals surface area contributed by atoms with Gasteiger partial charge in [-0.2, -0.15) is 26.3 Å². The molecule has 210 valence electrons. The minimum absolute atomic E-state index is 0.0604. The smallest absolute Gasteiger partial charge is 0.374 e. The van der Waals surface area contributed by atoms with Crippen molar-refractivity contribution in [2.24, 2.45) is 11.8 Å². The molecule has 2 fully saturated rings. The lowest BCUT2D eigenvalue weighted by Crippen LogP contribution is -2.38. The molecule has 0 N–H and O–H groups in total. The van der Waals surface area contributed by atoms with Crippen molar-refractivity contribution in [3.63, 3.8) is 0 Å². The predicted molar refractivity (Wildman–Crippen MR) is 129 cm³/mol. The van der Waals surface area contributed by atoms with Crippen LogP contribution < -0.4 is 0 Å². The lowest BCUT2D eigenvalue weighted by Gasteiger charge is -2.41. The molecule has 2 aliphatic carbocycles. The van der Waals surface area contributed by atoms with E-state index in [4.69, 9.17) is 4.74 Å². The average molecular weight is 556 g/mol. The summed E-state index contributed by atoms with van der Waals surface area (Å²) in [7, 11) is 0. The van der Waals surface area contributed by atoms with Crippen LogP contribution in [0.15, 0.2) is 54.2 Å². The first kappa shape index (κ1) is 27.7. The normalized spacial score (nSPS) is 26.5. The van der Waals surface area contributed by atoms with Crippen LogP contribution in [0.1, 0.15) is 66.9 Å². The number of ketones is 1. The number of allylic oxidation sites excluding steroid dienone is 2. The minimum atomic E-state index is -4.95. The third kappa shape index (κ3) is 5.85. The third-order valence-corrected chi connectivity index (χ3v) is 8.25. The van der Waals surface area contributed by atoms with E-state index in [-0.39, 0.29) is 35.2 Å². The predicted octanol–water partition coefficient (Wildman–Crippen LogP) is 7.68. The summed E-state index contributed by atoms with van der Waals surface area (Å²) in [5.41, 5.74) is -1.18. The molecule has 1 heterocycles. The van der Waals surface area contributed by atoms with Gasteiger partial charge in [0.25, 0.3) is 0 Å². The molecule has 0 bridgehead atoms. The average Bonchev–Trinajstić information content (AvgIpc) is 3.49. The molecule has 5 rings (SSSR count). The van der Waals surface area contributed by atoms with E-state index in [1.807, 2.05) is 0 Å². The Labute approximate surface area is 221 Å². The molecule has 3 aliphatic rings. The van der Waals surface area contributed by atoms with Gasteiger partial charge in [0.05, 0.1) is 23.3 Å². The van der Waals surface area contributed by atoms with Gasteiger partial charge in [0.15, 0.2) is 5.78 Å². The molecule has 0 spiro atoms. The number of alkyl halides is 6. The van der Waals surface area contributed by atoms with Crippen molar-refractivity contribution in [1.82, 2.24) is 4.90 Å². The Kier molecular flexibility index (Phi) is 7.28. The van der Waals surface area contributed by atoms with Crippen molar-refractivity contribution >= 4 is 5.78 Å². The van der Waals surface area contributed by atoms with Crippen LogP contribution in [0.25, 0.3) is 0 Å². The first-order valence-electron chi connectivity index (χ1n) is 13.0. The number of rotatable bonds is 5. The zero-order chi connectivity index (χ0) is 28.1. The van der Waals surface area contributed by atoms with Crippen molar-refractivity contribution in [1.29, 1.82) is 0 Å². The second-order valence-electron chi connectivity index (χ2n) is 10.7. The number of carbonyl (C=O) groups is 1. The van der Waals surface area contributed by atoms with Crippen LogP contribution in [0, 0.1) is 17.7 Å². The maximum atomic E-state index is 13.8. The van der Waals surface area contributed by atoms with E-state index in [1.165, 1.54) is 19.1 Å². The van der Waals surface area contributed by atoms with E-state index in [2.05, 4.69) is 4.90 Å². The number of hydrogen-bond donors (Lipinski definition) is 0. The Bertz CT molecular complexity index is 1220. The SMILES string of the molecule is CC(O[C@H]1CC[C@@H]2CN(C3=CC(=O)CC3)C[C@H]2C1c1ccc(F)cc1)c1cc(C(F)(F)F)cc(C(F)(F)F)c1.